The Labute approximate surface area is 55.3 Å². The van der Waals surface area contributed by atoms with Gasteiger partial charge in [0.1, 0.15) is 0 Å². The molecular weight excluding hydrogens is 137 g/mol. The molecule has 0 saturated carbocycles. The summed E-state index contributed by atoms with van der Waals surface area (Å²) in [5, 5.41) is 0. The van der Waals surface area contributed by atoms with Crippen molar-refractivity contribution < 1.29 is 38.8 Å². The largest absolute Gasteiger partial charge is 0.286 e. The first-order valence-corrected chi connectivity index (χ1v) is 2.77. The van der Waals surface area contributed by atoms with Crippen LogP contribution in [0.3, 0.4) is 0 Å². The Balaban J connectivity index is 0. The van der Waals surface area contributed by atoms with Crippen molar-refractivity contribution in [3.05, 3.63) is 0 Å². The fourth-order valence-electron chi connectivity index (χ4n) is 0. The maximum Gasteiger partial charge on any atom is 0.261 e. The van der Waals surface area contributed by atoms with Crippen LogP contribution < -0.4 is 0 Å². The minimum absolute atomic E-state index is 0. The van der Waals surface area contributed by atoms with E-state index in [0.29, 0.717) is 6.26 Å². The average Bonchev–Trinajstić information content (AvgIpc) is 0.722. The molecule has 0 aromatic heterocycles. The molecule has 35 valence electrons. The van der Waals surface area contributed by atoms with E-state index in [-0.39, 0.29) is 25.8 Å². The maximum absolute atomic E-state index is 9.19. The first-order valence-electron chi connectivity index (χ1n) is 0.924. The summed E-state index contributed by atoms with van der Waals surface area (Å²) in [5.74, 6) is 0. The van der Waals surface area contributed by atoms with Gasteiger partial charge in [0, 0.05) is 25.8 Å². The zero-order valence-electron chi connectivity index (χ0n) is 3.25. The third kappa shape index (κ3) is 112. The van der Waals surface area contributed by atoms with Gasteiger partial charge >= 0.3 is 0 Å². The van der Waals surface area contributed by atoms with E-state index < -0.39 is 10.1 Å². The fourth-order valence-corrected chi connectivity index (χ4v) is 0. The van der Waals surface area contributed by atoms with Crippen molar-refractivity contribution in [1.82, 2.24) is 0 Å². The topological polar surface area (TPSA) is 54.4 Å². The molecule has 0 spiro atoms. The van der Waals surface area contributed by atoms with Gasteiger partial charge in [-0.05, 0) is 0 Å². The van der Waals surface area contributed by atoms with Gasteiger partial charge in [0.15, 0.2) is 0 Å². The molecule has 5 heteroatoms. The van der Waals surface area contributed by atoms with Gasteiger partial charge in [-0.3, -0.25) is 4.55 Å². The fraction of sp³-hybridized carbons (Fsp3) is 1.00. The molecule has 0 atom stereocenters. The van der Waals surface area contributed by atoms with Gasteiger partial charge in [0.25, 0.3) is 10.1 Å². The van der Waals surface area contributed by atoms with Gasteiger partial charge in [0.05, 0.1) is 6.26 Å². The Morgan fingerprint density at radius 1 is 1.50 bits per heavy atom. The Bertz CT molecular complexity index is 94.0. The van der Waals surface area contributed by atoms with Crippen LogP contribution in [-0.2, 0) is 36.0 Å². The number of hydrogen-bond acceptors (Lipinski definition) is 2. The van der Waals surface area contributed by atoms with Gasteiger partial charge in [-0.25, -0.2) is 0 Å². The molecule has 0 saturated heterocycles. The minimum atomic E-state index is -3.67. The summed E-state index contributed by atoms with van der Waals surface area (Å²) in [6.45, 7) is 0. The molecule has 0 fully saturated rings. The zero-order valence-corrected chi connectivity index (χ0v) is 5.87. The summed E-state index contributed by atoms with van der Waals surface area (Å²) >= 11 is 0. The van der Waals surface area contributed by atoms with Crippen molar-refractivity contribution in [2.45, 2.75) is 0 Å². The molecule has 0 bridgehead atoms. The van der Waals surface area contributed by atoms with E-state index in [9.17, 15) is 8.42 Å². The summed E-state index contributed by atoms with van der Waals surface area (Å²) in [5.41, 5.74) is 0. The van der Waals surface area contributed by atoms with E-state index in [1.807, 2.05) is 0 Å². The SMILES string of the molecule is CS(=O)(=O)O.[Sc]. The third-order valence-electron chi connectivity index (χ3n) is 0. The number of rotatable bonds is 0. The van der Waals surface area contributed by atoms with Gasteiger partial charge in [-0.15, -0.1) is 0 Å². The van der Waals surface area contributed by atoms with E-state index in [2.05, 4.69) is 0 Å². The monoisotopic (exact) mass is 141 g/mol. The smallest absolute Gasteiger partial charge is 0.261 e. The van der Waals surface area contributed by atoms with Crippen LogP contribution in [0.1, 0.15) is 0 Å². The second-order valence-corrected chi connectivity index (χ2v) is 2.20. The van der Waals surface area contributed by atoms with Crippen LogP contribution in [0.15, 0.2) is 0 Å². The minimum Gasteiger partial charge on any atom is -0.286 e. The van der Waals surface area contributed by atoms with Crippen molar-refractivity contribution in [2.75, 3.05) is 6.26 Å². The average molecular weight is 141 g/mol. The van der Waals surface area contributed by atoms with Crippen LogP contribution in [0, 0.1) is 0 Å². The number of hydrogen-bond donors (Lipinski definition) is 1. The Morgan fingerprint density at radius 3 is 1.50 bits per heavy atom. The van der Waals surface area contributed by atoms with Crippen molar-refractivity contribution >= 4 is 10.1 Å². The summed E-state index contributed by atoms with van der Waals surface area (Å²) in [4.78, 5) is 0. The molecule has 1 radical (unpaired) electrons. The molecule has 1 N–H and O–H groups in total. The molecule has 3 nitrogen and oxygen atoms in total. The molecule has 0 aromatic carbocycles. The first-order chi connectivity index (χ1) is 2.00. The zero-order chi connectivity index (χ0) is 4.50. The quantitative estimate of drug-likeness (QED) is 0.463. The second-order valence-electron chi connectivity index (χ2n) is 0.733. The predicted molar refractivity (Wildman–Crippen MR) is 17.5 cm³/mol. The Kier molecular flexibility index (Phi) is 4.75. The molecule has 0 aliphatic heterocycles. The van der Waals surface area contributed by atoms with Gasteiger partial charge in [-0.2, -0.15) is 8.42 Å². The van der Waals surface area contributed by atoms with E-state index in [1.165, 1.54) is 0 Å². The van der Waals surface area contributed by atoms with Crippen molar-refractivity contribution in [2.24, 2.45) is 0 Å². The van der Waals surface area contributed by atoms with Crippen molar-refractivity contribution in [3.63, 3.8) is 0 Å². The molecular formula is CH4O3SSc. The Hall–Kier alpha value is 0.780. The summed E-state index contributed by atoms with van der Waals surface area (Å²) in [7, 11) is -3.67. The predicted octanol–water partition coefficient (Wildman–Crippen LogP) is -0.498. The standard InChI is InChI=1S/CH4O3S.Sc/c1-5(2,3)4;/h1H3,(H,2,3,4);. The molecule has 0 aliphatic rings. The molecule has 0 aromatic rings. The van der Waals surface area contributed by atoms with E-state index in [4.69, 9.17) is 4.55 Å². The summed E-state index contributed by atoms with van der Waals surface area (Å²) in [6.07, 6.45) is 0.715. The van der Waals surface area contributed by atoms with Gasteiger partial charge in [-0.1, -0.05) is 0 Å². The van der Waals surface area contributed by atoms with E-state index in [1.54, 1.807) is 0 Å². The third-order valence-corrected chi connectivity index (χ3v) is 0. The van der Waals surface area contributed by atoms with Crippen molar-refractivity contribution in [3.8, 4) is 0 Å². The molecule has 0 rings (SSSR count). The molecule has 0 unspecified atom stereocenters. The summed E-state index contributed by atoms with van der Waals surface area (Å²) < 4.78 is 25.9. The van der Waals surface area contributed by atoms with Crippen LogP contribution in [0.25, 0.3) is 0 Å². The Morgan fingerprint density at radius 2 is 1.50 bits per heavy atom. The van der Waals surface area contributed by atoms with Crippen LogP contribution in [0.4, 0.5) is 0 Å². The summed E-state index contributed by atoms with van der Waals surface area (Å²) in [6, 6.07) is 0. The molecule has 0 heterocycles. The van der Waals surface area contributed by atoms with Crippen LogP contribution in [0.2, 0.25) is 0 Å². The van der Waals surface area contributed by atoms with E-state index in [0.717, 1.165) is 0 Å². The van der Waals surface area contributed by atoms with E-state index >= 15 is 0 Å². The first kappa shape index (κ1) is 9.91. The van der Waals surface area contributed by atoms with Crippen LogP contribution in [0.5, 0.6) is 0 Å². The van der Waals surface area contributed by atoms with Crippen LogP contribution in [-0.4, -0.2) is 19.2 Å². The molecule has 0 aliphatic carbocycles. The van der Waals surface area contributed by atoms with Crippen LogP contribution >= 0.6 is 0 Å². The van der Waals surface area contributed by atoms with Gasteiger partial charge in [0.2, 0.25) is 0 Å². The molecule has 6 heavy (non-hydrogen) atoms. The van der Waals surface area contributed by atoms with Crippen molar-refractivity contribution in [1.29, 1.82) is 0 Å². The second kappa shape index (κ2) is 2.87. The normalized spacial score (nSPS) is 9.67. The molecule has 0 amide bonds. The van der Waals surface area contributed by atoms with Gasteiger partial charge < -0.3 is 0 Å². The maximum atomic E-state index is 9.19.